The van der Waals surface area contributed by atoms with E-state index in [2.05, 4.69) is 25.9 Å². The highest BCUT2D eigenvalue weighted by atomic mass is 16.4. The Labute approximate surface area is 156 Å². The van der Waals surface area contributed by atoms with Crippen LogP contribution in [0.3, 0.4) is 0 Å². The zero-order chi connectivity index (χ0) is 19.5. The smallest absolute Gasteiger partial charge is 0.354 e. The van der Waals surface area contributed by atoms with Gasteiger partial charge >= 0.3 is 11.9 Å². The number of carboxylic acids is 2. The van der Waals surface area contributed by atoms with Crippen LogP contribution in [0.4, 0.5) is 0 Å². The van der Waals surface area contributed by atoms with Gasteiger partial charge in [-0.15, -0.1) is 0 Å². The fraction of sp³-hybridized carbons (Fsp3) is 0.333. The summed E-state index contributed by atoms with van der Waals surface area (Å²) in [6, 6.07) is 9.85. The van der Waals surface area contributed by atoms with Crippen LogP contribution in [0.25, 0.3) is 0 Å². The maximum atomic E-state index is 10.9. The lowest BCUT2D eigenvalue weighted by atomic mass is 10.3. The molecule has 2 heterocycles. The summed E-state index contributed by atoms with van der Waals surface area (Å²) in [6.45, 7) is 3.97. The molecule has 2 rings (SSSR count). The predicted octanol–water partition coefficient (Wildman–Crippen LogP) is 0.342. The molecule has 2 aromatic heterocycles. The van der Waals surface area contributed by atoms with Crippen molar-refractivity contribution in [2.75, 3.05) is 26.2 Å². The summed E-state index contributed by atoms with van der Waals surface area (Å²) in [5, 5.41) is 27.5. The van der Waals surface area contributed by atoms with Crippen molar-refractivity contribution in [2.24, 2.45) is 0 Å². The summed E-state index contributed by atoms with van der Waals surface area (Å²) in [4.78, 5) is 29.8. The zero-order valence-electron chi connectivity index (χ0n) is 14.8. The lowest BCUT2D eigenvalue weighted by Crippen LogP contribution is -2.32. The Morgan fingerprint density at radius 2 is 1.11 bits per heavy atom. The third-order valence-electron chi connectivity index (χ3n) is 3.62. The van der Waals surface area contributed by atoms with Crippen LogP contribution in [-0.4, -0.2) is 58.3 Å². The summed E-state index contributed by atoms with van der Waals surface area (Å²) in [6.07, 6.45) is 0. The molecule has 0 saturated heterocycles. The Balaban J connectivity index is 1.53. The van der Waals surface area contributed by atoms with Gasteiger partial charge in [0.05, 0.1) is 11.4 Å². The number of pyridine rings is 2. The maximum Gasteiger partial charge on any atom is 0.354 e. The van der Waals surface area contributed by atoms with Gasteiger partial charge < -0.3 is 26.2 Å². The number of hydrogen-bond donors (Lipinski definition) is 5. The minimum absolute atomic E-state index is 0.0434. The third kappa shape index (κ3) is 7.48. The normalized spacial score (nSPS) is 10.7. The van der Waals surface area contributed by atoms with E-state index in [-0.39, 0.29) is 11.4 Å². The van der Waals surface area contributed by atoms with Gasteiger partial charge in [-0.05, 0) is 24.3 Å². The van der Waals surface area contributed by atoms with Crippen LogP contribution in [-0.2, 0) is 13.1 Å². The van der Waals surface area contributed by atoms with Gasteiger partial charge in [0.15, 0.2) is 0 Å². The predicted molar refractivity (Wildman–Crippen MR) is 98.7 cm³/mol. The monoisotopic (exact) mass is 373 g/mol. The number of nitrogens with zero attached hydrogens (tertiary/aromatic N) is 2. The topological polar surface area (TPSA) is 136 Å². The number of nitrogens with one attached hydrogen (secondary N) is 3. The molecule has 0 aromatic carbocycles. The van der Waals surface area contributed by atoms with Crippen LogP contribution in [0, 0.1) is 0 Å². The minimum Gasteiger partial charge on any atom is -0.477 e. The van der Waals surface area contributed by atoms with Gasteiger partial charge in [0.2, 0.25) is 0 Å². The van der Waals surface area contributed by atoms with E-state index in [9.17, 15) is 9.59 Å². The van der Waals surface area contributed by atoms with Crippen molar-refractivity contribution in [3.05, 3.63) is 59.2 Å². The third-order valence-corrected chi connectivity index (χ3v) is 3.62. The molecule has 0 spiro atoms. The largest absolute Gasteiger partial charge is 0.477 e. The van der Waals surface area contributed by atoms with E-state index < -0.39 is 11.9 Å². The van der Waals surface area contributed by atoms with Crippen LogP contribution >= 0.6 is 0 Å². The van der Waals surface area contributed by atoms with E-state index in [1.807, 2.05) is 0 Å². The van der Waals surface area contributed by atoms with Gasteiger partial charge in [0.1, 0.15) is 11.4 Å². The molecule has 2 aromatic rings. The summed E-state index contributed by atoms with van der Waals surface area (Å²) < 4.78 is 0. The first kappa shape index (κ1) is 20.4. The Morgan fingerprint density at radius 3 is 1.52 bits per heavy atom. The van der Waals surface area contributed by atoms with E-state index in [0.29, 0.717) is 24.5 Å². The molecule has 0 atom stereocenters. The maximum absolute atomic E-state index is 10.9. The summed E-state index contributed by atoms with van der Waals surface area (Å²) in [5.41, 5.74) is 1.46. The summed E-state index contributed by atoms with van der Waals surface area (Å²) in [7, 11) is 0. The standard InChI is InChI=1S/C18H23N5O4/c24-17(25)15-5-1-3-13(22-15)11-20-9-7-19-8-10-21-12-14-4-2-6-16(23-14)18(26)27/h1-6,19-21H,7-12H2,(H,24,25)(H,26,27). The summed E-state index contributed by atoms with van der Waals surface area (Å²) >= 11 is 0. The van der Waals surface area contributed by atoms with Gasteiger partial charge in [0.25, 0.3) is 0 Å². The van der Waals surface area contributed by atoms with Gasteiger partial charge in [-0.3, -0.25) is 0 Å². The van der Waals surface area contributed by atoms with E-state index in [1.165, 1.54) is 12.1 Å². The lowest BCUT2D eigenvalue weighted by molar-refractivity contribution is 0.0679. The van der Waals surface area contributed by atoms with Crippen LogP contribution in [0.5, 0.6) is 0 Å². The molecule has 0 aliphatic rings. The van der Waals surface area contributed by atoms with E-state index in [4.69, 9.17) is 10.2 Å². The average Bonchev–Trinajstić information content (AvgIpc) is 2.67. The molecular formula is C18H23N5O4. The van der Waals surface area contributed by atoms with E-state index in [0.717, 1.165) is 26.2 Å². The van der Waals surface area contributed by atoms with Crippen molar-refractivity contribution < 1.29 is 19.8 Å². The highest BCUT2D eigenvalue weighted by molar-refractivity contribution is 5.85. The highest BCUT2D eigenvalue weighted by Gasteiger charge is 2.05. The minimum atomic E-state index is -1.03. The van der Waals surface area contributed by atoms with Crippen molar-refractivity contribution in [3.63, 3.8) is 0 Å². The van der Waals surface area contributed by atoms with Gasteiger partial charge in [-0.25, -0.2) is 19.6 Å². The van der Waals surface area contributed by atoms with Gasteiger partial charge in [-0.2, -0.15) is 0 Å². The number of aromatic nitrogens is 2. The molecule has 27 heavy (non-hydrogen) atoms. The molecule has 9 nitrogen and oxygen atoms in total. The molecule has 0 saturated carbocycles. The van der Waals surface area contributed by atoms with Crippen molar-refractivity contribution in [2.45, 2.75) is 13.1 Å². The van der Waals surface area contributed by atoms with Crippen molar-refractivity contribution in [1.82, 2.24) is 25.9 Å². The first-order chi connectivity index (χ1) is 13.1. The number of carboxylic acid groups (broad SMARTS) is 2. The lowest BCUT2D eigenvalue weighted by Gasteiger charge is -2.08. The molecule has 0 radical (unpaired) electrons. The molecule has 0 fully saturated rings. The number of rotatable bonds is 12. The van der Waals surface area contributed by atoms with E-state index >= 15 is 0 Å². The zero-order valence-corrected chi connectivity index (χ0v) is 14.8. The molecule has 0 unspecified atom stereocenters. The second-order valence-corrected chi connectivity index (χ2v) is 5.74. The van der Waals surface area contributed by atoms with Crippen molar-refractivity contribution in [1.29, 1.82) is 0 Å². The van der Waals surface area contributed by atoms with Gasteiger partial charge in [0, 0.05) is 39.3 Å². The second kappa shape index (κ2) is 11.0. The van der Waals surface area contributed by atoms with Crippen LogP contribution < -0.4 is 16.0 Å². The van der Waals surface area contributed by atoms with Gasteiger partial charge in [-0.1, -0.05) is 12.1 Å². The van der Waals surface area contributed by atoms with Crippen LogP contribution in [0.2, 0.25) is 0 Å². The van der Waals surface area contributed by atoms with Crippen molar-refractivity contribution in [3.8, 4) is 0 Å². The Morgan fingerprint density at radius 1 is 0.704 bits per heavy atom. The first-order valence-electron chi connectivity index (χ1n) is 8.57. The number of hydrogen-bond acceptors (Lipinski definition) is 7. The fourth-order valence-corrected chi connectivity index (χ4v) is 2.31. The Kier molecular flexibility index (Phi) is 8.30. The molecule has 0 amide bonds. The number of carbonyl (C=O) groups is 2. The highest BCUT2D eigenvalue weighted by Crippen LogP contribution is 2.00. The molecule has 9 heteroatoms. The van der Waals surface area contributed by atoms with Crippen molar-refractivity contribution >= 4 is 11.9 Å². The summed E-state index contributed by atoms with van der Waals surface area (Å²) in [5.74, 6) is -2.06. The molecule has 144 valence electrons. The SMILES string of the molecule is O=C(O)c1cccc(CNCCNCCNCc2cccc(C(=O)O)n2)n1. The van der Waals surface area contributed by atoms with Crippen LogP contribution in [0.1, 0.15) is 32.4 Å². The fourth-order valence-electron chi connectivity index (χ4n) is 2.31. The first-order valence-corrected chi connectivity index (χ1v) is 8.57. The number of aromatic carboxylic acids is 2. The Hall–Kier alpha value is -2.88. The molecule has 0 aliphatic carbocycles. The average molecular weight is 373 g/mol. The molecular weight excluding hydrogens is 350 g/mol. The quantitative estimate of drug-likeness (QED) is 0.334. The van der Waals surface area contributed by atoms with Crippen LogP contribution in [0.15, 0.2) is 36.4 Å². The van der Waals surface area contributed by atoms with E-state index in [1.54, 1.807) is 24.3 Å². The molecule has 0 bridgehead atoms. The molecule has 5 N–H and O–H groups in total. The second-order valence-electron chi connectivity index (χ2n) is 5.74. The molecule has 0 aliphatic heterocycles. The Bertz CT molecular complexity index is 705.